The predicted octanol–water partition coefficient (Wildman–Crippen LogP) is 1.15. The van der Waals surface area contributed by atoms with Crippen LogP contribution in [0.15, 0.2) is 24.3 Å². The van der Waals surface area contributed by atoms with Crippen LogP contribution in [-0.4, -0.2) is 43.1 Å². The summed E-state index contributed by atoms with van der Waals surface area (Å²) in [5.74, 6) is 0.812. The summed E-state index contributed by atoms with van der Waals surface area (Å²) in [6.45, 7) is 4.95. The molecule has 1 unspecified atom stereocenters. The van der Waals surface area contributed by atoms with Crippen LogP contribution >= 0.6 is 0 Å². The molecule has 1 aromatic rings. The van der Waals surface area contributed by atoms with Crippen LogP contribution in [0.4, 0.5) is 0 Å². The van der Waals surface area contributed by atoms with Gasteiger partial charge < -0.3 is 10.1 Å². The lowest BCUT2D eigenvalue weighted by atomic mass is 10.2. The highest BCUT2D eigenvalue weighted by Crippen LogP contribution is 2.13. The molecule has 0 saturated carbocycles. The Balaban J connectivity index is 1.73. The number of carbonyl (C=O) groups is 1. The first-order valence-electron chi connectivity index (χ1n) is 6.85. The maximum absolute atomic E-state index is 11.5. The van der Waals surface area contributed by atoms with Crippen LogP contribution in [0.5, 0.6) is 5.75 Å². The van der Waals surface area contributed by atoms with E-state index in [0.717, 1.165) is 19.5 Å². The molecule has 1 atom stereocenters. The van der Waals surface area contributed by atoms with Gasteiger partial charge in [-0.25, -0.2) is 0 Å². The third kappa shape index (κ3) is 3.72. The zero-order valence-electron chi connectivity index (χ0n) is 11.6. The minimum Gasteiger partial charge on any atom is -0.494 e. The Morgan fingerprint density at radius 1 is 1.55 bits per heavy atom. The summed E-state index contributed by atoms with van der Waals surface area (Å²) < 4.78 is 5.62. The van der Waals surface area contributed by atoms with Gasteiger partial charge in [0.15, 0.2) is 0 Å². The van der Waals surface area contributed by atoms with E-state index in [-0.39, 0.29) is 11.9 Å². The van der Waals surface area contributed by atoms with E-state index in [4.69, 9.17) is 10.00 Å². The van der Waals surface area contributed by atoms with Gasteiger partial charge in [-0.2, -0.15) is 5.26 Å². The third-order valence-corrected chi connectivity index (χ3v) is 3.45. The summed E-state index contributed by atoms with van der Waals surface area (Å²) in [6.07, 6.45) is 0.856. The van der Waals surface area contributed by atoms with Crippen molar-refractivity contribution in [1.29, 1.82) is 5.26 Å². The van der Waals surface area contributed by atoms with Gasteiger partial charge >= 0.3 is 0 Å². The smallest absolute Gasteiger partial charge is 0.237 e. The van der Waals surface area contributed by atoms with E-state index in [0.29, 0.717) is 24.5 Å². The lowest BCUT2D eigenvalue weighted by Gasteiger charge is -2.32. The molecule has 5 nitrogen and oxygen atoms in total. The molecule has 1 saturated heterocycles. The fourth-order valence-corrected chi connectivity index (χ4v) is 2.25. The summed E-state index contributed by atoms with van der Waals surface area (Å²) in [6, 6.07) is 9.16. The Morgan fingerprint density at radius 3 is 3.20 bits per heavy atom. The van der Waals surface area contributed by atoms with Gasteiger partial charge in [0, 0.05) is 19.6 Å². The number of nitriles is 1. The van der Waals surface area contributed by atoms with Crippen LogP contribution < -0.4 is 10.1 Å². The second kappa shape index (κ2) is 6.92. The molecule has 1 fully saturated rings. The first-order chi connectivity index (χ1) is 9.70. The quantitative estimate of drug-likeness (QED) is 0.817. The fourth-order valence-electron chi connectivity index (χ4n) is 2.25. The molecule has 0 aromatic heterocycles. The summed E-state index contributed by atoms with van der Waals surface area (Å²) in [4.78, 5) is 13.7. The van der Waals surface area contributed by atoms with Crippen molar-refractivity contribution < 1.29 is 9.53 Å². The molecule has 1 N–H and O–H groups in total. The summed E-state index contributed by atoms with van der Waals surface area (Å²) >= 11 is 0. The highest BCUT2D eigenvalue weighted by molar-refractivity contribution is 5.81. The van der Waals surface area contributed by atoms with Crippen LogP contribution in [0.1, 0.15) is 18.9 Å². The maximum atomic E-state index is 11.5. The molecule has 0 bridgehead atoms. The minimum absolute atomic E-state index is 0.0642. The number of hydrogen-bond acceptors (Lipinski definition) is 4. The molecule has 106 valence electrons. The topological polar surface area (TPSA) is 65.4 Å². The number of ether oxygens (including phenoxy) is 1. The van der Waals surface area contributed by atoms with Crippen LogP contribution in [-0.2, 0) is 4.79 Å². The van der Waals surface area contributed by atoms with Crippen molar-refractivity contribution >= 4 is 5.91 Å². The zero-order chi connectivity index (χ0) is 14.4. The molecule has 0 aliphatic carbocycles. The van der Waals surface area contributed by atoms with E-state index >= 15 is 0 Å². The number of carbonyl (C=O) groups excluding carboxylic acids is 1. The molecule has 20 heavy (non-hydrogen) atoms. The molecule has 5 heteroatoms. The van der Waals surface area contributed by atoms with Gasteiger partial charge in [0.2, 0.25) is 5.91 Å². The monoisotopic (exact) mass is 273 g/mol. The summed E-state index contributed by atoms with van der Waals surface area (Å²) in [5.41, 5.74) is 0.601. The van der Waals surface area contributed by atoms with Gasteiger partial charge in [-0.15, -0.1) is 0 Å². The number of benzene rings is 1. The van der Waals surface area contributed by atoms with Crippen molar-refractivity contribution in [1.82, 2.24) is 10.2 Å². The van der Waals surface area contributed by atoms with Gasteiger partial charge in [0.25, 0.3) is 0 Å². The van der Waals surface area contributed by atoms with E-state index in [1.807, 2.05) is 19.1 Å². The van der Waals surface area contributed by atoms with E-state index in [9.17, 15) is 4.79 Å². The standard InChI is InChI=1S/C15H19N3O2/c1-12-15(19)17-6-8-18(12)7-3-9-20-14-5-2-4-13(10-14)11-16/h2,4-5,10,12H,3,6-9H2,1H3,(H,17,19). The van der Waals surface area contributed by atoms with Gasteiger partial charge in [-0.1, -0.05) is 6.07 Å². The van der Waals surface area contributed by atoms with Gasteiger partial charge in [-0.05, 0) is 31.5 Å². The molecule has 0 radical (unpaired) electrons. The van der Waals surface area contributed by atoms with Gasteiger partial charge in [-0.3, -0.25) is 9.69 Å². The van der Waals surface area contributed by atoms with Crippen molar-refractivity contribution in [2.24, 2.45) is 0 Å². The van der Waals surface area contributed by atoms with Gasteiger partial charge in [0.05, 0.1) is 24.3 Å². The highest BCUT2D eigenvalue weighted by Gasteiger charge is 2.24. The first-order valence-corrected chi connectivity index (χ1v) is 6.85. The number of amides is 1. The first kappa shape index (κ1) is 14.4. The lowest BCUT2D eigenvalue weighted by Crippen LogP contribution is -2.54. The van der Waals surface area contributed by atoms with Crippen LogP contribution in [0.25, 0.3) is 0 Å². The number of piperazine rings is 1. The predicted molar refractivity (Wildman–Crippen MR) is 75.3 cm³/mol. The normalized spacial score (nSPS) is 19.2. The molecule has 1 amide bonds. The molecular weight excluding hydrogens is 254 g/mol. The van der Waals surface area contributed by atoms with Crippen molar-refractivity contribution in [3.8, 4) is 11.8 Å². The third-order valence-electron chi connectivity index (χ3n) is 3.45. The fraction of sp³-hybridized carbons (Fsp3) is 0.467. The molecule has 1 aliphatic heterocycles. The van der Waals surface area contributed by atoms with Crippen molar-refractivity contribution in [3.63, 3.8) is 0 Å². The number of rotatable bonds is 5. The Morgan fingerprint density at radius 2 is 2.40 bits per heavy atom. The maximum Gasteiger partial charge on any atom is 0.237 e. The van der Waals surface area contributed by atoms with Crippen LogP contribution in [0.3, 0.4) is 0 Å². The Kier molecular flexibility index (Phi) is 4.97. The molecule has 1 heterocycles. The van der Waals surface area contributed by atoms with Crippen LogP contribution in [0, 0.1) is 11.3 Å². The largest absolute Gasteiger partial charge is 0.494 e. The van der Waals surface area contributed by atoms with Crippen molar-refractivity contribution in [2.75, 3.05) is 26.2 Å². The Labute approximate surface area is 119 Å². The lowest BCUT2D eigenvalue weighted by molar-refractivity contribution is -0.128. The molecule has 1 aliphatic rings. The number of nitrogens with zero attached hydrogens (tertiary/aromatic N) is 2. The average Bonchev–Trinajstić information content (AvgIpc) is 2.48. The SMILES string of the molecule is CC1C(=O)NCCN1CCCOc1cccc(C#N)c1. The molecule has 1 aromatic carbocycles. The van der Waals surface area contributed by atoms with E-state index in [1.165, 1.54) is 0 Å². The summed E-state index contributed by atoms with van der Waals surface area (Å²) in [5, 5.41) is 11.7. The second-order valence-corrected chi connectivity index (χ2v) is 4.84. The number of nitrogens with one attached hydrogen (secondary N) is 1. The number of hydrogen-bond donors (Lipinski definition) is 1. The van der Waals surface area contributed by atoms with Crippen molar-refractivity contribution in [2.45, 2.75) is 19.4 Å². The van der Waals surface area contributed by atoms with Gasteiger partial charge in [0.1, 0.15) is 5.75 Å². The molecular formula is C15H19N3O2. The average molecular weight is 273 g/mol. The van der Waals surface area contributed by atoms with E-state index in [1.54, 1.807) is 12.1 Å². The minimum atomic E-state index is -0.0642. The summed E-state index contributed by atoms with van der Waals surface area (Å²) in [7, 11) is 0. The van der Waals surface area contributed by atoms with Crippen LogP contribution in [0.2, 0.25) is 0 Å². The highest BCUT2D eigenvalue weighted by atomic mass is 16.5. The molecule has 0 spiro atoms. The molecule has 2 rings (SSSR count). The Bertz CT molecular complexity index is 510. The Hall–Kier alpha value is -2.06. The van der Waals surface area contributed by atoms with E-state index < -0.39 is 0 Å². The van der Waals surface area contributed by atoms with Crippen molar-refractivity contribution in [3.05, 3.63) is 29.8 Å². The van der Waals surface area contributed by atoms with E-state index in [2.05, 4.69) is 16.3 Å². The second-order valence-electron chi connectivity index (χ2n) is 4.84. The zero-order valence-corrected chi connectivity index (χ0v) is 11.6.